The van der Waals surface area contributed by atoms with Gasteiger partial charge in [-0.2, -0.15) is 0 Å². The number of aryl methyl sites for hydroxylation is 1. The van der Waals surface area contributed by atoms with Crippen molar-refractivity contribution in [3.63, 3.8) is 0 Å². The maximum Gasteiger partial charge on any atom is 0.324 e. The Kier molecular flexibility index (Phi) is 14.4. The fraction of sp³-hybridized carbons (Fsp3) is 0.558. The van der Waals surface area contributed by atoms with Gasteiger partial charge in [0.15, 0.2) is 0 Å². The molecule has 3 fully saturated rings. The number of likely N-dealkylation sites (N-methyl/N-ethyl adjacent to an activating group) is 1. The SMILES string of the molecule is CCn1c(-c2cccnc2[C@H](C)OC)c2c3cc(ccc31)-c1cc(O)cc(c1)C[C@H](NC(=O)[C@H](C(C)C)N(C)C(=O)C1CCC(C3CCCO3)O1)C(=O)N1CCC[C@H](N1)C(=O)OCC(C)(C)C2. The van der Waals surface area contributed by atoms with E-state index in [1.54, 1.807) is 32.5 Å². The molecule has 4 aliphatic rings. The van der Waals surface area contributed by atoms with Crippen molar-refractivity contribution in [3.05, 3.63) is 71.5 Å². The summed E-state index contributed by atoms with van der Waals surface area (Å²) >= 11 is 0. The van der Waals surface area contributed by atoms with Crippen molar-refractivity contribution in [2.24, 2.45) is 11.3 Å². The van der Waals surface area contributed by atoms with Crippen molar-refractivity contribution in [1.82, 2.24) is 30.2 Å². The molecule has 15 nitrogen and oxygen atoms in total. The Bertz CT molecular complexity index is 2480. The number of ether oxygens (including phenoxy) is 4. The van der Waals surface area contributed by atoms with E-state index in [0.717, 1.165) is 57.4 Å². The molecule has 0 radical (unpaired) electrons. The number of carbonyl (C=O) groups is 4. The molecular weight excluding hydrogens is 853 g/mol. The smallest absolute Gasteiger partial charge is 0.324 e. The van der Waals surface area contributed by atoms with E-state index in [4.69, 9.17) is 23.9 Å². The molecule has 7 atom stereocenters. The first-order valence-corrected chi connectivity index (χ1v) is 24.1. The van der Waals surface area contributed by atoms with Crippen LogP contribution in [0.5, 0.6) is 5.75 Å². The zero-order valence-corrected chi connectivity index (χ0v) is 40.3. The topological polar surface area (TPSA) is 174 Å². The second-order valence-electron chi connectivity index (χ2n) is 20.0. The minimum atomic E-state index is -1.14. The van der Waals surface area contributed by atoms with Crippen molar-refractivity contribution >= 4 is 34.6 Å². The molecule has 360 valence electrons. The number of esters is 1. The molecule has 4 aliphatic heterocycles. The van der Waals surface area contributed by atoms with E-state index in [1.165, 1.54) is 9.91 Å². The Hall–Kier alpha value is -5.35. The summed E-state index contributed by atoms with van der Waals surface area (Å²) in [6, 6.07) is 12.7. The monoisotopic (exact) mass is 921 g/mol. The van der Waals surface area contributed by atoms with Gasteiger partial charge in [-0.15, -0.1) is 0 Å². The maximum absolute atomic E-state index is 14.8. The summed E-state index contributed by atoms with van der Waals surface area (Å²) in [5.41, 5.74) is 9.65. The number of methoxy groups -OCH3 is 1. The number of cyclic esters (lactones) is 1. The van der Waals surface area contributed by atoms with Gasteiger partial charge in [0.1, 0.15) is 30.0 Å². The molecule has 4 aromatic rings. The Labute approximate surface area is 393 Å². The molecule has 3 amide bonds. The standard InChI is InChI=1S/C52H68N6O9/c1-9-57-41-17-16-33-27-37(41)38(47(57)36-13-10-20-53-45(36)31(4)64-8)28-52(5,6)29-66-51(63)39-14-11-21-58(55-39)49(61)40(25-32-23-34(33)26-35(59)24-32)54-48(60)46(30(2)3)56(7)50(62)44-19-18-43(67-44)42-15-12-22-65-42/h10,13,16-17,20,23-24,26-27,30-31,39-40,42-44,46,55,59H,9,11-12,14-15,18-19,21-22,25,28-29H2,1-8H3,(H,54,60)/t31-,39-,40-,42?,43?,44?,46-/m0/s1. The zero-order valence-electron chi connectivity index (χ0n) is 40.3. The minimum Gasteiger partial charge on any atom is -0.508 e. The fourth-order valence-corrected chi connectivity index (χ4v) is 10.6. The largest absolute Gasteiger partial charge is 0.508 e. The van der Waals surface area contributed by atoms with Gasteiger partial charge in [0, 0.05) is 68.4 Å². The Balaban J connectivity index is 1.18. The van der Waals surface area contributed by atoms with Crippen LogP contribution in [0.1, 0.15) is 103 Å². The number of nitrogens with one attached hydrogen (secondary N) is 2. The number of aromatic hydroxyl groups is 1. The third kappa shape index (κ3) is 10.1. The lowest BCUT2D eigenvalue weighted by Gasteiger charge is -2.37. The molecule has 2 aromatic carbocycles. The molecule has 0 saturated carbocycles. The van der Waals surface area contributed by atoms with Gasteiger partial charge in [-0.1, -0.05) is 39.8 Å². The third-order valence-corrected chi connectivity index (χ3v) is 14.1. The number of amides is 3. The van der Waals surface area contributed by atoms with Crippen molar-refractivity contribution < 1.29 is 43.2 Å². The van der Waals surface area contributed by atoms with Crippen LogP contribution in [0.3, 0.4) is 0 Å². The first-order chi connectivity index (χ1) is 32.1. The van der Waals surface area contributed by atoms with Crippen LogP contribution in [0.15, 0.2) is 54.7 Å². The van der Waals surface area contributed by atoms with E-state index in [1.807, 2.05) is 39.0 Å². The van der Waals surface area contributed by atoms with Gasteiger partial charge in [0.05, 0.1) is 36.3 Å². The van der Waals surface area contributed by atoms with E-state index >= 15 is 0 Å². The summed E-state index contributed by atoms with van der Waals surface area (Å²) in [7, 11) is 3.29. The first-order valence-electron chi connectivity index (χ1n) is 24.1. The van der Waals surface area contributed by atoms with Gasteiger partial charge in [-0.25, -0.2) is 5.43 Å². The minimum absolute atomic E-state index is 0.00317. The van der Waals surface area contributed by atoms with Crippen LogP contribution < -0.4 is 10.7 Å². The molecule has 3 unspecified atom stereocenters. The predicted octanol–water partition coefficient (Wildman–Crippen LogP) is 6.66. The predicted molar refractivity (Wildman–Crippen MR) is 254 cm³/mol. The molecule has 3 N–H and O–H groups in total. The van der Waals surface area contributed by atoms with Gasteiger partial charge < -0.3 is 38.8 Å². The Morgan fingerprint density at radius 2 is 1.84 bits per heavy atom. The molecule has 3 saturated heterocycles. The second kappa shape index (κ2) is 20.1. The summed E-state index contributed by atoms with van der Waals surface area (Å²) in [4.78, 5) is 63.5. The van der Waals surface area contributed by atoms with E-state index in [0.29, 0.717) is 57.4 Å². The molecule has 6 heterocycles. The van der Waals surface area contributed by atoms with Crippen molar-refractivity contribution in [3.8, 4) is 28.1 Å². The molecule has 0 spiro atoms. The second-order valence-corrected chi connectivity index (χ2v) is 20.0. The van der Waals surface area contributed by atoms with Gasteiger partial charge >= 0.3 is 5.97 Å². The first kappa shape index (κ1) is 48.1. The Morgan fingerprint density at radius 1 is 1.03 bits per heavy atom. The maximum atomic E-state index is 14.8. The van der Waals surface area contributed by atoms with E-state index < -0.39 is 47.4 Å². The highest BCUT2D eigenvalue weighted by molar-refractivity contribution is 5.96. The van der Waals surface area contributed by atoms with Gasteiger partial charge in [-0.3, -0.25) is 29.2 Å². The third-order valence-electron chi connectivity index (χ3n) is 14.1. The summed E-state index contributed by atoms with van der Waals surface area (Å²) in [5, 5.41) is 16.8. The van der Waals surface area contributed by atoms with Gasteiger partial charge in [0.2, 0.25) is 5.91 Å². The molecular formula is C52H68N6O9. The highest BCUT2D eigenvalue weighted by Gasteiger charge is 2.42. The number of hydrogen-bond donors (Lipinski definition) is 3. The van der Waals surface area contributed by atoms with Crippen LogP contribution in [0, 0.1) is 11.3 Å². The molecule has 15 heteroatoms. The lowest BCUT2D eigenvalue weighted by atomic mass is 9.84. The lowest BCUT2D eigenvalue weighted by Crippen LogP contribution is -2.62. The normalized spacial score (nSPS) is 24.3. The Morgan fingerprint density at radius 3 is 2.57 bits per heavy atom. The van der Waals surface area contributed by atoms with E-state index in [2.05, 4.69) is 54.3 Å². The van der Waals surface area contributed by atoms with Crippen LogP contribution in [-0.2, 0) is 57.5 Å². The number of carbonyl (C=O) groups excluding carboxylic acids is 4. The van der Waals surface area contributed by atoms with Crippen LogP contribution in [0.25, 0.3) is 33.3 Å². The molecule has 6 bridgehead atoms. The molecule has 0 aliphatic carbocycles. The average Bonchev–Trinajstić information content (AvgIpc) is 4.09. The van der Waals surface area contributed by atoms with Crippen molar-refractivity contribution in [2.45, 2.75) is 142 Å². The van der Waals surface area contributed by atoms with Crippen LogP contribution in [0.4, 0.5) is 0 Å². The average molecular weight is 921 g/mol. The summed E-state index contributed by atoms with van der Waals surface area (Å²) in [6.45, 7) is 13.8. The van der Waals surface area contributed by atoms with Gasteiger partial charge in [-0.05, 0) is 123 Å². The number of aromatic nitrogens is 2. The molecule has 67 heavy (non-hydrogen) atoms. The fourth-order valence-electron chi connectivity index (χ4n) is 10.6. The zero-order chi connectivity index (χ0) is 47.7. The van der Waals surface area contributed by atoms with E-state index in [9.17, 15) is 24.3 Å². The molecule has 2 aromatic heterocycles. The van der Waals surface area contributed by atoms with Crippen LogP contribution in [-0.4, -0.2) is 119 Å². The summed E-state index contributed by atoms with van der Waals surface area (Å²) < 4.78 is 26.3. The number of nitrogens with zero attached hydrogens (tertiary/aromatic N) is 4. The summed E-state index contributed by atoms with van der Waals surface area (Å²) in [5.74, 6) is -2.03. The number of fused-ring (bicyclic) bond motifs is 6. The highest BCUT2D eigenvalue weighted by atomic mass is 16.6. The molecule has 8 rings (SSSR count). The van der Waals surface area contributed by atoms with Crippen LogP contribution >= 0.6 is 0 Å². The highest BCUT2D eigenvalue weighted by Crippen LogP contribution is 2.42. The number of rotatable bonds is 10. The number of phenols is 1. The van der Waals surface area contributed by atoms with Gasteiger partial charge in [0.25, 0.3) is 11.8 Å². The van der Waals surface area contributed by atoms with Crippen molar-refractivity contribution in [2.75, 3.05) is 33.9 Å². The summed E-state index contributed by atoms with van der Waals surface area (Å²) in [6.07, 6.45) is 5.23. The van der Waals surface area contributed by atoms with E-state index in [-0.39, 0.29) is 48.9 Å². The number of phenolic OH excluding ortho intramolecular Hbond substituents is 1. The quantitative estimate of drug-likeness (QED) is 0.145. The lowest BCUT2D eigenvalue weighted by molar-refractivity contribution is -0.155. The number of benzene rings is 2. The number of pyridine rings is 1. The number of hydrazine groups is 1. The number of hydrogen-bond acceptors (Lipinski definition) is 11. The van der Waals surface area contributed by atoms with Crippen LogP contribution in [0.2, 0.25) is 0 Å². The van der Waals surface area contributed by atoms with Crippen molar-refractivity contribution in [1.29, 1.82) is 0 Å².